The second-order valence-corrected chi connectivity index (χ2v) is 5.69. The van der Waals surface area contributed by atoms with Crippen molar-refractivity contribution in [3.05, 3.63) is 35.8 Å². The van der Waals surface area contributed by atoms with Gasteiger partial charge in [0.2, 0.25) is 0 Å². The summed E-state index contributed by atoms with van der Waals surface area (Å²) in [6.45, 7) is 5.38. The van der Waals surface area contributed by atoms with Crippen LogP contribution >= 0.6 is 0 Å². The SMILES string of the molecule is COc1ccc(-c2nc3n(c2C)CC(C)CC3N)cc1. The van der Waals surface area contributed by atoms with E-state index in [9.17, 15) is 0 Å². The number of hydrogen-bond donors (Lipinski definition) is 1. The van der Waals surface area contributed by atoms with E-state index in [2.05, 4.69) is 30.5 Å². The van der Waals surface area contributed by atoms with Gasteiger partial charge in [-0.15, -0.1) is 0 Å². The van der Waals surface area contributed by atoms with Gasteiger partial charge in [0.05, 0.1) is 18.8 Å². The molecule has 2 N–H and O–H groups in total. The van der Waals surface area contributed by atoms with Crippen LogP contribution in [0, 0.1) is 12.8 Å². The molecule has 2 heterocycles. The highest BCUT2D eigenvalue weighted by molar-refractivity contribution is 5.63. The second-order valence-electron chi connectivity index (χ2n) is 5.69. The van der Waals surface area contributed by atoms with Gasteiger partial charge in [-0.05, 0) is 43.5 Å². The highest BCUT2D eigenvalue weighted by atomic mass is 16.5. The van der Waals surface area contributed by atoms with E-state index in [1.165, 1.54) is 5.69 Å². The number of ether oxygens (including phenoxy) is 1. The topological polar surface area (TPSA) is 53.1 Å². The summed E-state index contributed by atoms with van der Waals surface area (Å²) in [6, 6.07) is 8.08. The van der Waals surface area contributed by atoms with E-state index in [0.717, 1.165) is 35.8 Å². The molecule has 0 saturated heterocycles. The second kappa shape index (κ2) is 4.94. The monoisotopic (exact) mass is 271 g/mol. The molecule has 4 nitrogen and oxygen atoms in total. The van der Waals surface area contributed by atoms with Crippen LogP contribution in [-0.2, 0) is 6.54 Å². The molecule has 2 atom stereocenters. The summed E-state index contributed by atoms with van der Waals surface area (Å²) in [5, 5.41) is 0. The van der Waals surface area contributed by atoms with Gasteiger partial charge in [-0.25, -0.2) is 4.98 Å². The van der Waals surface area contributed by atoms with Crippen LogP contribution in [-0.4, -0.2) is 16.7 Å². The number of benzene rings is 1. The largest absolute Gasteiger partial charge is 0.497 e. The minimum absolute atomic E-state index is 0.0458. The molecule has 1 aromatic carbocycles. The van der Waals surface area contributed by atoms with Crippen molar-refractivity contribution < 1.29 is 4.74 Å². The van der Waals surface area contributed by atoms with Gasteiger partial charge < -0.3 is 15.0 Å². The third-order valence-corrected chi connectivity index (χ3v) is 4.10. The standard InChI is InChI=1S/C16H21N3O/c1-10-8-14(17)16-18-15(11(2)19(16)9-10)12-4-6-13(20-3)7-5-12/h4-7,10,14H,8-9,17H2,1-3H3. The third kappa shape index (κ3) is 2.10. The first kappa shape index (κ1) is 13.2. The van der Waals surface area contributed by atoms with Gasteiger partial charge in [-0.2, -0.15) is 0 Å². The fourth-order valence-electron chi connectivity index (χ4n) is 3.02. The summed E-state index contributed by atoms with van der Waals surface area (Å²) in [5.74, 6) is 2.49. The zero-order valence-corrected chi connectivity index (χ0v) is 12.3. The van der Waals surface area contributed by atoms with Gasteiger partial charge in [-0.1, -0.05) is 6.92 Å². The lowest BCUT2D eigenvalue weighted by atomic mass is 9.98. The average Bonchev–Trinajstić information content (AvgIpc) is 2.77. The predicted octanol–water partition coefficient (Wildman–Crippen LogP) is 2.91. The minimum Gasteiger partial charge on any atom is -0.497 e. The molecular weight excluding hydrogens is 250 g/mol. The van der Waals surface area contributed by atoms with Crippen molar-refractivity contribution in [3.63, 3.8) is 0 Å². The zero-order chi connectivity index (χ0) is 14.3. The number of nitrogens with zero attached hydrogens (tertiary/aromatic N) is 2. The molecule has 106 valence electrons. The molecule has 0 bridgehead atoms. The van der Waals surface area contributed by atoms with Crippen molar-refractivity contribution in [2.24, 2.45) is 11.7 Å². The molecule has 1 aromatic heterocycles. The van der Waals surface area contributed by atoms with E-state index in [0.29, 0.717) is 5.92 Å². The zero-order valence-electron chi connectivity index (χ0n) is 12.3. The van der Waals surface area contributed by atoms with E-state index >= 15 is 0 Å². The number of imidazole rings is 1. The molecule has 0 fully saturated rings. The number of rotatable bonds is 2. The number of nitrogens with two attached hydrogens (primary N) is 1. The number of hydrogen-bond acceptors (Lipinski definition) is 3. The Labute approximate surface area is 119 Å². The summed E-state index contributed by atoms with van der Waals surface area (Å²) < 4.78 is 7.48. The number of methoxy groups -OCH3 is 1. The van der Waals surface area contributed by atoms with E-state index in [1.807, 2.05) is 12.1 Å². The lowest BCUT2D eigenvalue weighted by Gasteiger charge is -2.26. The van der Waals surface area contributed by atoms with Crippen molar-refractivity contribution in [1.29, 1.82) is 0 Å². The Morgan fingerprint density at radius 2 is 2.00 bits per heavy atom. The molecule has 4 heteroatoms. The van der Waals surface area contributed by atoms with Gasteiger partial charge >= 0.3 is 0 Å². The molecule has 2 aromatic rings. The fraction of sp³-hybridized carbons (Fsp3) is 0.438. The van der Waals surface area contributed by atoms with E-state index in [-0.39, 0.29) is 6.04 Å². The Morgan fingerprint density at radius 3 is 2.65 bits per heavy atom. The Balaban J connectivity index is 2.04. The van der Waals surface area contributed by atoms with E-state index in [4.69, 9.17) is 15.5 Å². The van der Waals surface area contributed by atoms with Crippen LogP contribution in [0.5, 0.6) is 5.75 Å². The third-order valence-electron chi connectivity index (χ3n) is 4.10. The van der Waals surface area contributed by atoms with Crippen LogP contribution < -0.4 is 10.5 Å². The quantitative estimate of drug-likeness (QED) is 0.913. The lowest BCUT2D eigenvalue weighted by Crippen LogP contribution is -2.27. The maximum absolute atomic E-state index is 6.24. The van der Waals surface area contributed by atoms with Crippen molar-refractivity contribution in [2.75, 3.05) is 7.11 Å². The lowest BCUT2D eigenvalue weighted by molar-refractivity contribution is 0.343. The molecule has 1 aliphatic heterocycles. The van der Waals surface area contributed by atoms with Crippen LogP contribution in [0.15, 0.2) is 24.3 Å². The first-order valence-electron chi connectivity index (χ1n) is 7.07. The Bertz CT molecular complexity index is 615. The summed E-state index contributed by atoms with van der Waals surface area (Å²) >= 11 is 0. The van der Waals surface area contributed by atoms with E-state index in [1.54, 1.807) is 7.11 Å². The highest BCUT2D eigenvalue weighted by Crippen LogP contribution is 2.33. The first-order chi connectivity index (χ1) is 9.60. The first-order valence-corrected chi connectivity index (χ1v) is 7.07. The molecule has 1 aliphatic rings. The van der Waals surface area contributed by atoms with Crippen molar-refractivity contribution >= 4 is 0 Å². The highest BCUT2D eigenvalue weighted by Gasteiger charge is 2.26. The maximum Gasteiger partial charge on any atom is 0.126 e. The summed E-state index contributed by atoms with van der Waals surface area (Å²) in [4.78, 5) is 4.79. The van der Waals surface area contributed by atoms with Gasteiger partial charge in [-0.3, -0.25) is 0 Å². The van der Waals surface area contributed by atoms with Crippen LogP contribution in [0.4, 0.5) is 0 Å². The molecular formula is C16H21N3O. The van der Waals surface area contributed by atoms with Gasteiger partial charge in [0.15, 0.2) is 0 Å². The van der Waals surface area contributed by atoms with Crippen LogP contribution in [0.25, 0.3) is 11.3 Å². The predicted molar refractivity (Wildman–Crippen MR) is 79.7 cm³/mol. The molecule has 2 unspecified atom stereocenters. The smallest absolute Gasteiger partial charge is 0.126 e. The molecule has 0 radical (unpaired) electrons. The van der Waals surface area contributed by atoms with Crippen molar-refractivity contribution in [3.8, 4) is 17.0 Å². The number of fused-ring (bicyclic) bond motifs is 1. The molecule has 0 spiro atoms. The maximum atomic E-state index is 6.24. The minimum atomic E-state index is 0.0458. The van der Waals surface area contributed by atoms with Crippen LogP contribution in [0.1, 0.15) is 30.9 Å². The Hall–Kier alpha value is -1.81. The van der Waals surface area contributed by atoms with Crippen molar-refractivity contribution in [2.45, 2.75) is 32.9 Å². The summed E-state index contributed by atoms with van der Waals surface area (Å²) in [5.41, 5.74) is 9.59. The Kier molecular flexibility index (Phi) is 3.26. The summed E-state index contributed by atoms with van der Waals surface area (Å²) in [6.07, 6.45) is 1.01. The van der Waals surface area contributed by atoms with Gasteiger partial charge in [0, 0.05) is 17.8 Å². The number of aromatic nitrogens is 2. The summed E-state index contributed by atoms with van der Waals surface area (Å²) in [7, 11) is 1.68. The van der Waals surface area contributed by atoms with Crippen LogP contribution in [0.3, 0.4) is 0 Å². The molecule has 20 heavy (non-hydrogen) atoms. The fourth-order valence-corrected chi connectivity index (χ4v) is 3.02. The van der Waals surface area contributed by atoms with Gasteiger partial charge in [0.25, 0.3) is 0 Å². The average molecular weight is 271 g/mol. The van der Waals surface area contributed by atoms with Gasteiger partial charge in [0.1, 0.15) is 11.6 Å². The normalized spacial score (nSPS) is 21.6. The van der Waals surface area contributed by atoms with Crippen LogP contribution in [0.2, 0.25) is 0 Å². The van der Waals surface area contributed by atoms with Crippen molar-refractivity contribution in [1.82, 2.24) is 9.55 Å². The molecule has 0 aliphatic carbocycles. The molecule has 0 amide bonds. The molecule has 3 rings (SSSR count). The Morgan fingerprint density at radius 1 is 1.30 bits per heavy atom. The molecule has 0 saturated carbocycles. The van der Waals surface area contributed by atoms with E-state index < -0.39 is 0 Å².